The molecule has 0 spiro atoms. The Labute approximate surface area is 152 Å². The van der Waals surface area contributed by atoms with Crippen LogP contribution < -0.4 is 0 Å². The van der Waals surface area contributed by atoms with Gasteiger partial charge in [-0.15, -0.1) is 5.10 Å². The molecule has 1 aromatic carbocycles. The molecule has 3 heterocycles. The Morgan fingerprint density at radius 2 is 2.12 bits per heavy atom. The summed E-state index contributed by atoms with van der Waals surface area (Å²) in [4.78, 5) is 19.4. The van der Waals surface area contributed by atoms with Crippen molar-refractivity contribution in [2.45, 2.75) is 39.2 Å². The molecule has 1 aliphatic heterocycles. The number of benzene rings is 1. The zero-order valence-electron chi connectivity index (χ0n) is 15.1. The van der Waals surface area contributed by atoms with E-state index >= 15 is 0 Å². The van der Waals surface area contributed by atoms with Crippen LogP contribution in [-0.4, -0.2) is 38.2 Å². The van der Waals surface area contributed by atoms with Crippen molar-refractivity contribution in [2.75, 3.05) is 6.54 Å². The van der Waals surface area contributed by atoms with Gasteiger partial charge in [0.15, 0.2) is 11.6 Å². The van der Waals surface area contributed by atoms with Gasteiger partial charge in [-0.05, 0) is 62.9 Å². The van der Waals surface area contributed by atoms with Gasteiger partial charge < -0.3 is 9.32 Å². The minimum atomic E-state index is -0.114. The molecule has 3 aromatic rings. The van der Waals surface area contributed by atoms with Gasteiger partial charge in [0.1, 0.15) is 0 Å². The van der Waals surface area contributed by atoms with Crippen molar-refractivity contribution in [1.29, 1.82) is 0 Å². The minimum Gasteiger partial charge on any atom is -0.461 e. The van der Waals surface area contributed by atoms with Crippen molar-refractivity contribution in [3.63, 3.8) is 0 Å². The van der Waals surface area contributed by atoms with Gasteiger partial charge in [0, 0.05) is 12.6 Å². The van der Waals surface area contributed by atoms with Crippen molar-refractivity contribution in [3.8, 4) is 17.3 Å². The Kier molecular flexibility index (Phi) is 4.32. The third-order valence-corrected chi connectivity index (χ3v) is 4.85. The predicted molar refractivity (Wildman–Crippen MR) is 98.1 cm³/mol. The van der Waals surface area contributed by atoms with Crippen LogP contribution in [0, 0.1) is 6.92 Å². The van der Waals surface area contributed by atoms with Crippen LogP contribution in [0.2, 0.25) is 0 Å². The molecule has 1 unspecified atom stereocenters. The first-order valence-electron chi connectivity index (χ1n) is 9.02. The Morgan fingerprint density at radius 1 is 1.23 bits per heavy atom. The van der Waals surface area contributed by atoms with E-state index in [0.717, 1.165) is 37.1 Å². The van der Waals surface area contributed by atoms with Gasteiger partial charge in [-0.3, -0.25) is 4.79 Å². The molecule has 0 saturated carbocycles. The van der Waals surface area contributed by atoms with Gasteiger partial charge in [0.05, 0.1) is 12.0 Å². The summed E-state index contributed by atoms with van der Waals surface area (Å²) in [5.74, 6) is 1.22. The van der Waals surface area contributed by atoms with E-state index in [1.807, 2.05) is 42.2 Å². The lowest BCUT2D eigenvalue weighted by Gasteiger charge is -2.32. The van der Waals surface area contributed by atoms with Crippen molar-refractivity contribution in [2.24, 2.45) is 0 Å². The van der Waals surface area contributed by atoms with E-state index in [-0.39, 0.29) is 17.8 Å². The summed E-state index contributed by atoms with van der Waals surface area (Å²) in [6, 6.07) is 11.8. The van der Waals surface area contributed by atoms with Crippen molar-refractivity contribution in [1.82, 2.24) is 19.7 Å². The Balaban J connectivity index is 1.77. The maximum Gasteiger partial charge on any atom is 0.293 e. The zero-order chi connectivity index (χ0) is 18.1. The van der Waals surface area contributed by atoms with Crippen LogP contribution in [0.5, 0.6) is 0 Å². The monoisotopic (exact) mass is 350 g/mol. The molecule has 1 aliphatic rings. The maximum absolute atomic E-state index is 13.0. The molecule has 0 radical (unpaired) electrons. The number of carbonyl (C=O) groups excluding carboxylic acids is 1. The van der Waals surface area contributed by atoms with Gasteiger partial charge >= 0.3 is 0 Å². The number of aromatic nitrogens is 3. The largest absolute Gasteiger partial charge is 0.461 e. The quantitative estimate of drug-likeness (QED) is 0.720. The first-order valence-corrected chi connectivity index (χ1v) is 9.02. The van der Waals surface area contributed by atoms with Crippen LogP contribution in [0.4, 0.5) is 0 Å². The van der Waals surface area contributed by atoms with Crippen molar-refractivity contribution < 1.29 is 9.21 Å². The van der Waals surface area contributed by atoms with Crippen LogP contribution in [-0.2, 0) is 0 Å². The van der Waals surface area contributed by atoms with Crippen LogP contribution in [0.1, 0.15) is 42.4 Å². The molecule has 26 heavy (non-hydrogen) atoms. The predicted octanol–water partition coefficient (Wildman–Crippen LogP) is 3.85. The van der Waals surface area contributed by atoms with Gasteiger partial charge in [-0.25, -0.2) is 4.68 Å². The second kappa shape index (κ2) is 6.78. The number of piperidine rings is 1. The fourth-order valence-electron chi connectivity index (χ4n) is 3.44. The SMILES string of the molecule is Cc1cccc(-n2nc(C(=O)N3CCCCC3C)nc2-c2ccco2)c1. The average molecular weight is 350 g/mol. The summed E-state index contributed by atoms with van der Waals surface area (Å²) >= 11 is 0. The third-order valence-electron chi connectivity index (χ3n) is 4.85. The number of furan rings is 1. The van der Waals surface area contributed by atoms with Gasteiger partial charge in [0.25, 0.3) is 5.91 Å². The van der Waals surface area contributed by atoms with E-state index in [4.69, 9.17) is 4.42 Å². The topological polar surface area (TPSA) is 64.2 Å². The first kappa shape index (κ1) is 16.6. The molecule has 134 valence electrons. The van der Waals surface area contributed by atoms with Crippen molar-refractivity contribution >= 4 is 5.91 Å². The zero-order valence-corrected chi connectivity index (χ0v) is 15.1. The number of amides is 1. The molecule has 0 bridgehead atoms. The van der Waals surface area contributed by atoms with E-state index in [2.05, 4.69) is 17.0 Å². The van der Waals surface area contributed by atoms with Crippen LogP contribution in [0.15, 0.2) is 47.1 Å². The lowest BCUT2D eigenvalue weighted by Crippen LogP contribution is -2.42. The first-order chi connectivity index (χ1) is 12.6. The van der Waals surface area contributed by atoms with E-state index in [1.165, 1.54) is 0 Å². The summed E-state index contributed by atoms with van der Waals surface area (Å²) in [5, 5.41) is 4.54. The van der Waals surface area contributed by atoms with E-state index < -0.39 is 0 Å². The number of carbonyl (C=O) groups is 1. The second-order valence-corrected chi connectivity index (χ2v) is 6.83. The molecule has 1 saturated heterocycles. The summed E-state index contributed by atoms with van der Waals surface area (Å²) in [6.45, 7) is 4.87. The summed E-state index contributed by atoms with van der Waals surface area (Å²) < 4.78 is 7.21. The Morgan fingerprint density at radius 3 is 2.85 bits per heavy atom. The van der Waals surface area contributed by atoms with E-state index in [0.29, 0.717) is 11.6 Å². The molecule has 1 amide bonds. The van der Waals surface area contributed by atoms with Gasteiger partial charge in [0.2, 0.25) is 5.82 Å². The average Bonchev–Trinajstić information content (AvgIpc) is 3.31. The van der Waals surface area contributed by atoms with Crippen molar-refractivity contribution in [3.05, 3.63) is 54.0 Å². The highest BCUT2D eigenvalue weighted by molar-refractivity contribution is 5.91. The lowest BCUT2D eigenvalue weighted by molar-refractivity contribution is 0.0623. The highest BCUT2D eigenvalue weighted by atomic mass is 16.3. The number of hydrogen-bond acceptors (Lipinski definition) is 4. The smallest absolute Gasteiger partial charge is 0.293 e. The lowest BCUT2D eigenvalue weighted by atomic mass is 10.0. The Hall–Kier alpha value is -2.89. The van der Waals surface area contributed by atoms with Crippen LogP contribution in [0.25, 0.3) is 17.3 Å². The number of aryl methyl sites for hydroxylation is 1. The van der Waals surface area contributed by atoms with Gasteiger partial charge in [-0.1, -0.05) is 12.1 Å². The van der Waals surface area contributed by atoms with Crippen LogP contribution >= 0.6 is 0 Å². The van der Waals surface area contributed by atoms with Crippen LogP contribution in [0.3, 0.4) is 0 Å². The third kappa shape index (κ3) is 3.03. The van der Waals surface area contributed by atoms with E-state index in [1.54, 1.807) is 17.0 Å². The number of likely N-dealkylation sites (tertiary alicyclic amines) is 1. The molecule has 6 heteroatoms. The molecule has 6 nitrogen and oxygen atoms in total. The highest BCUT2D eigenvalue weighted by Crippen LogP contribution is 2.24. The Bertz CT molecular complexity index is 914. The molecule has 1 fully saturated rings. The molecule has 0 aliphatic carbocycles. The maximum atomic E-state index is 13.0. The molecule has 4 rings (SSSR count). The van der Waals surface area contributed by atoms with E-state index in [9.17, 15) is 4.79 Å². The standard InChI is InChI=1S/C20H22N4O2/c1-14-7-5-9-16(13-14)24-19(17-10-6-12-26-17)21-18(22-24)20(25)23-11-4-3-8-15(23)2/h5-7,9-10,12-13,15H,3-4,8,11H2,1-2H3. The normalized spacial score (nSPS) is 17.5. The molecular weight excluding hydrogens is 328 g/mol. The molecule has 0 N–H and O–H groups in total. The molecular formula is C20H22N4O2. The second-order valence-electron chi connectivity index (χ2n) is 6.83. The van der Waals surface area contributed by atoms with Gasteiger partial charge in [-0.2, -0.15) is 4.98 Å². The highest BCUT2D eigenvalue weighted by Gasteiger charge is 2.28. The summed E-state index contributed by atoms with van der Waals surface area (Å²) in [6.07, 6.45) is 4.81. The molecule has 1 atom stereocenters. The molecule has 2 aromatic heterocycles. The number of hydrogen-bond donors (Lipinski definition) is 0. The fraction of sp³-hybridized carbons (Fsp3) is 0.350. The number of rotatable bonds is 3. The summed E-state index contributed by atoms with van der Waals surface area (Å²) in [7, 11) is 0. The summed E-state index contributed by atoms with van der Waals surface area (Å²) in [5.41, 5.74) is 1.97. The number of nitrogens with zero attached hydrogens (tertiary/aromatic N) is 4. The minimum absolute atomic E-state index is 0.114. The fourth-order valence-corrected chi connectivity index (χ4v) is 3.44.